The molecule has 0 aromatic rings. The van der Waals surface area contributed by atoms with Gasteiger partial charge in [0.2, 0.25) is 0 Å². The maximum absolute atomic E-state index is 5.34. The van der Waals surface area contributed by atoms with Crippen LogP contribution >= 0.6 is 0 Å². The molecule has 0 spiro atoms. The Morgan fingerprint density at radius 3 is 2.79 bits per heavy atom. The number of hydrogen-bond donors (Lipinski definition) is 0. The summed E-state index contributed by atoms with van der Waals surface area (Å²) in [5, 5.41) is 4.27. The number of hydrogen-bond acceptors (Lipinski definition) is 3. The molecule has 0 saturated carbocycles. The Kier molecular flexibility index (Phi) is 2.77. The van der Waals surface area contributed by atoms with E-state index in [1.165, 1.54) is 18.6 Å². The van der Waals surface area contributed by atoms with Crippen LogP contribution in [0, 0.1) is 5.92 Å². The zero-order valence-corrected chi connectivity index (χ0v) is 9.36. The first-order valence-electron chi connectivity index (χ1n) is 5.59. The van der Waals surface area contributed by atoms with Gasteiger partial charge in [-0.05, 0) is 25.8 Å². The molecule has 2 aliphatic heterocycles. The van der Waals surface area contributed by atoms with Crippen molar-refractivity contribution in [1.82, 2.24) is 4.90 Å². The summed E-state index contributed by atoms with van der Waals surface area (Å²) in [5.41, 5.74) is 1.27. The Morgan fingerprint density at radius 2 is 2.29 bits per heavy atom. The van der Waals surface area contributed by atoms with Crippen molar-refractivity contribution in [3.8, 4) is 0 Å². The Bertz CT molecular complexity index is 237. The number of rotatable bonds is 3. The quantitative estimate of drug-likeness (QED) is 0.644. The molecule has 3 heteroatoms. The third-order valence-electron chi connectivity index (χ3n) is 3.26. The van der Waals surface area contributed by atoms with E-state index in [-0.39, 0.29) is 0 Å². The smallest absolute Gasteiger partial charge is 0.119 e. The SMILES string of the molecule is CC(C)CO/N=C1/CC2CCC1N2C. The molecule has 0 amide bonds. The second-order valence-corrected chi connectivity index (χ2v) is 4.89. The molecule has 2 unspecified atom stereocenters. The Hall–Kier alpha value is -0.570. The zero-order valence-electron chi connectivity index (χ0n) is 9.36. The second kappa shape index (κ2) is 3.89. The molecule has 0 aliphatic carbocycles. The highest BCUT2D eigenvalue weighted by atomic mass is 16.6. The molecule has 2 rings (SSSR count). The molecular weight excluding hydrogens is 176 g/mol. The Morgan fingerprint density at radius 1 is 1.50 bits per heavy atom. The van der Waals surface area contributed by atoms with Gasteiger partial charge >= 0.3 is 0 Å². The van der Waals surface area contributed by atoms with Crippen LogP contribution in [0.25, 0.3) is 0 Å². The molecule has 14 heavy (non-hydrogen) atoms. The molecule has 80 valence electrons. The van der Waals surface area contributed by atoms with Crippen LogP contribution in [0.1, 0.15) is 33.1 Å². The summed E-state index contributed by atoms with van der Waals surface area (Å²) in [4.78, 5) is 7.78. The van der Waals surface area contributed by atoms with Crippen molar-refractivity contribution < 1.29 is 4.84 Å². The Balaban J connectivity index is 1.88. The molecule has 0 aromatic carbocycles. The van der Waals surface area contributed by atoms with E-state index in [1.807, 2.05) is 0 Å². The third kappa shape index (κ3) is 1.78. The fraction of sp³-hybridized carbons (Fsp3) is 0.909. The van der Waals surface area contributed by atoms with Crippen LogP contribution in [-0.4, -0.2) is 36.3 Å². The van der Waals surface area contributed by atoms with Crippen molar-refractivity contribution >= 4 is 5.71 Å². The summed E-state index contributed by atoms with van der Waals surface area (Å²) in [6, 6.07) is 1.31. The fourth-order valence-corrected chi connectivity index (χ4v) is 2.40. The van der Waals surface area contributed by atoms with E-state index in [2.05, 4.69) is 31.0 Å². The van der Waals surface area contributed by atoms with Crippen LogP contribution in [0.3, 0.4) is 0 Å². The lowest BCUT2D eigenvalue weighted by Crippen LogP contribution is -2.26. The van der Waals surface area contributed by atoms with Crippen molar-refractivity contribution in [2.75, 3.05) is 13.7 Å². The minimum Gasteiger partial charge on any atom is -0.396 e. The monoisotopic (exact) mass is 196 g/mol. The first kappa shape index (κ1) is 9.97. The summed E-state index contributed by atoms with van der Waals surface area (Å²) < 4.78 is 0. The van der Waals surface area contributed by atoms with E-state index in [4.69, 9.17) is 4.84 Å². The van der Waals surface area contributed by atoms with Gasteiger partial charge < -0.3 is 4.84 Å². The molecule has 2 saturated heterocycles. The molecule has 0 aromatic heterocycles. The first-order valence-corrected chi connectivity index (χ1v) is 5.59. The van der Waals surface area contributed by atoms with E-state index in [1.54, 1.807) is 0 Å². The molecule has 3 nitrogen and oxygen atoms in total. The molecule has 2 bridgehead atoms. The van der Waals surface area contributed by atoms with E-state index < -0.39 is 0 Å². The van der Waals surface area contributed by atoms with Gasteiger partial charge in [-0.3, -0.25) is 4.90 Å². The Labute approximate surface area is 86.1 Å². The van der Waals surface area contributed by atoms with E-state index in [9.17, 15) is 0 Å². The largest absolute Gasteiger partial charge is 0.396 e. The van der Waals surface area contributed by atoms with E-state index in [0.717, 1.165) is 19.1 Å². The molecule has 2 fully saturated rings. The third-order valence-corrected chi connectivity index (χ3v) is 3.26. The van der Waals surface area contributed by atoms with E-state index >= 15 is 0 Å². The van der Waals surface area contributed by atoms with Gasteiger partial charge in [0.05, 0.1) is 11.8 Å². The summed E-state index contributed by atoms with van der Waals surface area (Å²) in [6.07, 6.45) is 3.73. The summed E-state index contributed by atoms with van der Waals surface area (Å²) >= 11 is 0. The summed E-state index contributed by atoms with van der Waals surface area (Å²) in [6.45, 7) is 5.03. The van der Waals surface area contributed by atoms with Gasteiger partial charge in [0.15, 0.2) is 0 Å². The molecular formula is C11H20N2O. The van der Waals surface area contributed by atoms with Gasteiger partial charge in [-0.1, -0.05) is 19.0 Å². The second-order valence-electron chi connectivity index (χ2n) is 4.89. The van der Waals surface area contributed by atoms with Crippen molar-refractivity contribution in [2.45, 2.75) is 45.2 Å². The van der Waals surface area contributed by atoms with Gasteiger partial charge in [0, 0.05) is 12.5 Å². The van der Waals surface area contributed by atoms with Crippen molar-refractivity contribution in [1.29, 1.82) is 0 Å². The minimum atomic E-state index is 0.565. The van der Waals surface area contributed by atoms with Gasteiger partial charge in [-0.2, -0.15) is 0 Å². The average Bonchev–Trinajstić information content (AvgIpc) is 2.61. The number of oxime groups is 1. The van der Waals surface area contributed by atoms with Crippen molar-refractivity contribution in [2.24, 2.45) is 11.1 Å². The van der Waals surface area contributed by atoms with E-state index in [0.29, 0.717) is 12.0 Å². The van der Waals surface area contributed by atoms with Gasteiger partial charge in [-0.15, -0.1) is 0 Å². The highest BCUT2D eigenvalue weighted by Crippen LogP contribution is 2.34. The lowest BCUT2D eigenvalue weighted by molar-refractivity contribution is 0.117. The van der Waals surface area contributed by atoms with Gasteiger partial charge in [-0.25, -0.2) is 0 Å². The molecule has 2 heterocycles. The molecule has 2 aliphatic rings. The normalized spacial score (nSPS) is 34.7. The van der Waals surface area contributed by atoms with Crippen LogP contribution in [-0.2, 0) is 4.84 Å². The highest BCUT2D eigenvalue weighted by Gasteiger charge is 2.41. The van der Waals surface area contributed by atoms with Crippen LogP contribution in [0.5, 0.6) is 0 Å². The molecule has 0 N–H and O–H groups in total. The predicted octanol–water partition coefficient (Wildman–Crippen LogP) is 1.88. The first-order chi connectivity index (χ1) is 6.68. The van der Waals surface area contributed by atoms with Crippen LogP contribution in [0.15, 0.2) is 5.16 Å². The predicted molar refractivity (Wildman–Crippen MR) is 57.4 cm³/mol. The minimum absolute atomic E-state index is 0.565. The topological polar surface area (TPSA) is 24.8 Å². The zero-order chi connectivity index (χ0) is 10.1. The molecule has 2 atom stereocenters. The van der Waals surface area contributed by atoms with Crippen LogP contribution in [0.2, 0.25) is 0 Å². The lowest BCUT2D eigenvalue weighted by Gasteiger charge is -2.13. The highest BCUT2D eigenvalue weighted by molar-refractivity contribution is 5.92. The van der Waals surface area contributed by atoms with Gasteiger partial charge in [0.25, 0.3) is 0 Å². The summed E-state index contributed by atoms with van der Waals surface area (Å²) in [5.74, 6) is 0.565. The lowest BCUT2D eigenvalue weighted by atomic mass is 9.99. The maximum Gasteiger partial charge on any atom is 0.119 e. The van der Waals surface area contributed by atoms with Crippen LogP contribution in [0.4, 0.5) is 0 Å². The van der Waals surface area contributed by atoms with Crippen LogP contribution < -0.4 is 0 Å². The van der Waals surface area contributed by atoms with Crippen molar-refractivity contribution in [3.05, 3.63) is 0 Å². The maximum atomic E-state index is 5.34. The summed E-state index contributed by atoms with van der Waals surface area (Å²) in [7, 11) is 2.20. The molecule has 0 radical (unpaired) electrons. The standard InChI is InChI=1S/C11H20N2O/c1-8(2)7-14-12-10-6-9-4-5-11(10)13(9)3/h8-9,11H,4-7H2,1-3H3/b12-10-. The fourth-order valence-electron chi connectivity index (χ4n) is 2.40. The number of fused-ring (bicyclic) bond motifs is 2. The van der Waals surface area contributed by atoms with Crippen molar-refractivity contribution in [3.63, 3.8) is 0 Å². The number of nitrogens with zero attached hydrogens (tertiary/aromatic N) is 2. The average molecular weight is 196 g/mol. The van der Waals surface area contributed by atoms with Gasteiger partial charge in [0.1, 0.15) is 6.61 Å².